The standard InChI is InChI=1S/C18H21FN2OS/c1-20-12-13-21(2)18(22)17(14-6-4-3-5-7-14)23-16-10-8-15(19)9-11-16/h3-11,17,20H,12-13H2,1-2H3. The molecule has 0 bridgehead atoms. The van der Waals surface area contributed by atoms with Crippen LogP contribution in [0, 0.1) is 5.82 Å². The average Bonchev–Trinajstić information content (AvgIpc) is 2.59. The van der Waals surface area contributed by atoms with E-state index in [2.05, 4.69) is 5.32 Å². The molecule has 23 heavy (non-hydrogen) atoms. The molecule has 3 nitrogen and oxygen atoms in total. The van der Waals surface area contributed by atoms with Crippen molar-refractivity contribution in [2.45, 2.75) is 10.1 Å². The summed E-state index contributed by atoms with van der Waals surface area (Å²) < 4.78 is 13.1. The molecule has 1 atom stereocenters. The van der Waals surface area contributed by atoms with Gasteiger partial charge in [-0.25, -0.2) is 4.39 Å². The Balaban J connectivity index is 2.21. The van der Waals surface area contributed by atoms with Crippen LogP contribution in [-0.4, -0.2) is 38.0 Å². The van der Waals surface area contributed by atoms with E-state index >= 15 is 0 Å². The van der Waals surface area contributed by atoms with Crippen LogP contribution in [0.5, 0.6) is 0 Å². The van der Waals surface area contributed by atoms with Crippen LogP contribution < -0.4 is 5.32 Å². The fourth-order valence-electron chi connectivity index (χ4n) is 2.13. The van der Waals surface area contributed by atoms with Crippen LogP contribution in [0.3, 0.4) is 0 Å². The van der Waals surface area contributed by atoms with Crippen molar-refractivity contribution in [1.29, 1.82) is 0 Å². The summed E-state index contributed by atoms with van der Waals surface area (Å²) in [4.78, 5) is 15.4. The number of thioether (sulfide) groups is 1. The first-order valence-electron chi connectivity index (χ1n) is 7.48. The quantitative estimate of drug-likeness (QED) is 0.789. The molecule has 1 N–H and O–H groups in total. The number of amides is 1. The molecule has 0 heterocycles. The predicted octanol–water partition coefficient (Wildman–Crippen LogP) is 3.34. The van der Waals surface area contributed by atoms with Gasteiger partial charge in [-0.1, -0.05) is 30.3 Å². The van der Waals surface area contributed by atoms with Crippen molar-refractivity contribution in [1.82, 2.24) is 10.2 Å². The van der Waals surface area contributed by atoms with Crippen molar-refractivity contribution >= 4 is 17.7 Å². The van der Waals surface area contributed by atoms with Crippen LogP contribution in [0.4, 0.5) is 4.39 Å². The zero-order valence-electron chi connectivity index (χ0n) is 13.3. The molecule has 1 unspecified atom stereocenters. The van der Waals surface area contributed by atoms with Crippen molar-refractivity contribution in [2.24, 2.45) is 0 Å². The third kappa shape index (κ3) is 5.08. The summed E-state index contributed by atoms with van der Waals surface area (Å²) in [5.41, 5.74) is 0.947. The van der Waals surface area contributed by atoms with Crippen LogP contribution in [0.25, 0.3) is 0 Å². The summed E-state index contributed by atoms with van der Waals surface area (Å²) in [6.07, 6.45) is 0. The number of benzene rings is 2. The molecule has 122 valence electrons. The van der Waals surface area contributed by atoms with Gasteiger partial charge in [-0.05, 0) is 36.9 Å². The lowest BCUT2D eigenvalue weighted by molar-refractivity contribution is -0.129. The van der Waals surface area contributed by atoms with E-state index in [4.69, 9.17) is 0 Å². The highest BCUT2D eigenvalue weighted by Gasteiger charge is 2.24. The molecule has 2 rings (SSSR count). The molecular formula is C18H21FN2OS. The van der Waals surface area contributed by atoms with E-state index in [1.165, 1.54) is 23.9 Å². The van der Waals surface area contributed by atoms with Crippen molar-refractivity contribution in [2.75, 3.05) is 27.2 Å². The second-order valence-corrected chi connectivity index (χ2v) is 6.40. The highest BCUT2D eigenvalue weighted by Crippen LogP contribution is 2.36. The van der Waals surface area contributed by atoms with Crippen LogP contribution >= 0.6 is 11.8 Å². The summed E-state index contributed by atoms with van der Waals surface area (Å²) in [5, 5.41) is 2.70. The van der Waals surface area contributed by atoms with E-state index in [0.29, 0.717) is 6.54 Å². The van der Waals surface area contributed by atoms with E-state index in [9.17, 15) is 9.18 Å². The van der Waals surface area contributed by atoms with Gasteiger partial charge in [0.2, 0.25) is 5.91 Å². The lowest BCUT2D eigenvalue weighted by Gasteiger charge is -2.24. The molecule has 0 spiro atoms. The van der Waals surface area contributed by atoms with E-state index < -0.39 is 0 Å². The second-order valence-electron chi connectivity index (χ2n) is 5.23. The molecular weight excluding hydrogens is 311 g/mol. The number of nitrogens with zero attached hydrogens (tertiary/aromatic N) is 1. The average molecular weight is 332 g/mol. The Morgan fingerprint density at radius 3 is 2.43 bits per heavy atom. The number of hydrogen-bond acceptors (Lipinski definition) is 3. The zero-order valence-corrected chi connectivity index (χ0v) is 14.1. The van der Waals surface area contributed by atoms with E-state index in [1.54, 1.807) is 24.1 Å². The number of halogens is 1. The first-order chi connectivity index (χ1) is 11.1. The minimum atomic E-state index is -0.344. The molecule has 0 aromatic heterocycles. The van der Waals surface area contributed by atoms with Gasteiger partial charge in [0, 0.05) is 25.0 Å². The first-order valence-corrected chi connectivity index (χ1v) is 8.36. The van der Waals surface area contributed by atoms with Gasteiger partial charge in [0.25, 0.3) is 0 Å². The molecule has 0 saturated heterocycles. The van der Waals surface area contributed by atoms with Gasteiger partial charge < -0.3 is 10.2 Å². The number of hydrogen-bond donors (Lipinski definition) is 1. The monoisotopic (exact) mass is 332 g/mol. The van der Waals surface area contributed by atoms with Gasteiger partial charge in [0.05, 0.1) is 0 Å². The summed E-state index contributed by atoms with van der Waals surface area (Å²) in [6, 6.07) is 15.9. The fourth-order valence-corrected chi connectivity index (χ4v) is 3.27. The molecule has 0 aliphatic rings. The Kier molecular flexibility index (Phi) is 6.62. The summed E-state index contributed by atoms with van der Waals surface area (Å²) in [5.74, 6) is -0.233. The second kappa shape index (κ2) is 8.70. The van der Waals surface area contributed by atoms with Crippen molar-refractivity contribution in [3.63, 3.8) is 0 Å². The SMILES string of the molecule is CNCCN(C)C(=O)C(Sc1ccc(F)cc1)c1ccccc1. The molecule has 2 aromatic carbocycles. The fraction of sp³-hybridized carbons (Fsp3) is 0.278. The van der Waals surface area contributed by atoms with E-state index in [-0.39, 0.29) is 17.0 Å². The van der Waals surface area contributed by atoms with Crippen molar-refractivity contribution < 1.29 is 9.18 Å². The predicted molar refractivity (Wildman–Crippen MR) is 93.0 cm³/mol. The largest absolute Gasteiger partial charge is 0.343 e. The third-order valence-electron chi connectivity index (χ3n) is 3.47. The van der Waals surface area contributed by atoms with Gasteiger partial charge in [0.15, 0.2) is 0 Å². The molecule has 0 fully saturated rings. The maximum Gasteiger partial charge on any atom is 0.240 e. The lowest BCUT2D eigenvalue weighted by Crippen LogP contribution is -2.35. The topological polar surface area (TPSA) is 32.3 Å². The van der Waals surface area contributed by atoms with Gasteiger partial charge in [-0.3, -0.25) is 4.79 Å². The maximum atomic E-state index is 13.1. The minimum Gasteiger partial charge on any atom is -0.343 e. The van der Waals surface area contributed by atoms with Crippen molar-refractivity contribution in [3.05, 3.63) is 66.0 Å². The number of carbonyl (C=O) groups excluding carboxylic acids is 1. The highest BCUT2D eigenvalue weighted by atomic mass is 32.2. The molecule has 1 amide bonds. The number of carbonyl (C=O) groups is 1. The van der Waals surface area contributed by atoms with Crippen LogP contribution in [0.15, 0.2) is 59.5 Å². The smallest absolute Gasteiger partial charge is 0.240 e. The van der Waals surface area contributed by atoms with Crippen LogP contribution in [0.1, 0.15) is 10.8 Å². The van der Waals surface area contributed by atoms with E-state index in [1.807, 2.05) is 37.4 Å². The lowest BCUT2D eigenvalue weighted by atomic mass is 10.1. The van der Waals surface area contributed by atoms with Gasteiger partial charge in [0.1, 0.15) is 11.1 Å². The third-order valence-corrected chi connectivity index (χ3v) is 4.72. The Morgan fingerprint density at radius 1 is 1.17 bits per heavy atom. The molecule has 0 aliphatic heterocycles. The Hall–Kier alpha value is -1.85. The molecule has 0 saturated carbocycles. The normalized spacial score (nSPS) is 12.0. The van der Waals surface area contributed by atoms with Gasteiger partial charge in [-0.2, -0.15) is 0 Å². The Labute approximate surface area is 140 Å². The Morgan fingerprint density at radius 2 is 1.83 bits per heavy atom. The molecule has 0 radical (unpaired) electrons. The van der Waals surface area contributed by atoms with Gasteiger partial charge in [-0.15, -0.1) is 11.8 Å². The van der Waals surface area contributed by atoms with E-state index in [0.717, 1.165) is 17.0 Å². The number of likely N-dealkylation sites (N-methyl/N-ethyl adjacent to an activating group) is 2. The molecule has 5 heteroatoms. The summed E-state index contributed by atoms with van der Waals surface area (Å²) in [6.45, 7) is 1.38. The maximum absolute atomic E-state index is 13.1. The highest BCUT2D eigenvalue weighted by molar-refractivity contribution is 8.00. The van der Waals surface area contributed by atoms with Crippen LogP contribution in [0.2, 0.25) is 0 Å². The van der Waals surface area contributed by atoms with Crippen molar-refractivity contribution in [3.8, 4) is 0 Å². The first kappa shape index (κ1) is 17.5. The zero-order chi connectivity index (χ0) is 16.7. The molecule has 0 aliphatic carbocycles. The van der Waals surface area contributed by atoms with Gasteiger partial charge >= 0.3 is 0 Å². The van der Waals surface area contributed by atoms with Crippen LogP contribution in [-0.2, 0) is 4.79 Å². The minimum absolute atomic E-state index is 0.0424. The summed E-state index contributed by atoms with van der Waals surface area (Å²) in [7, 11) is 3.67. The Bertz CT molecular complexity index is 619. The molecule has 2 aromatic rings. The summed E-state index contributed by atoms with van der Waals surface area (Å²) >= 11 is 1.44. The number of nitrogens with one attached hydrogen (secondary N) is 1. The number of rotatable bonds is 7.